The number of hydrogen-bond acceptors (Lipinski definition) is 6. The number of nitrogens with one attached hydrogen (secondary N) is 1. The first-order valence-corrected chi connectivity index (χ1v) is 9.13. The van der Waals surface area contributed by atoms with E-state index in [9.17, 15) is 5.26 Å². The highest BCUT2D eigenvalue weighted by Gasteiger charge is 2.14. The number of hydrogen-bond donors (Lipinski definition) is 1. The van der Waals surface area contributed by atoms with Crippen molar-refractivity contribution >= 4 is 23.7 Å². The van der Waals surface area contributed by atoms with Crippen LogP contribution in [-0.4, -0.2) is 11.2 Å². The zero-order valence-corrected chi connectivity index (χ0v) is 16.1. The molecule has 0 bridgehead atoms. The zero-order valence-electron chi connectivity index (χ0n) is 15.4. The maximum atomic E-state index is 9.30. The molecule has 0 spiro atoms. The molecule has 0 amide bonds. The molecule has 29 heavy (non-hydrogen) atoms. The van der Waals surface area contributed by atoms with Crippen LogP contribution in [0, 0.1) is 18.3 Å². The van der Waals surface area contributed by atoms with Gasteiger partial charge in [0.25, 0.3) is 5.88 Å². The van der Waals surface area contributed by atoms with Gasteiger partial charge in [0.15, 0.2) is 0 Å². The average Bonchev–Trinajstić information content (AvgIpc) is 3.36. The van der Waals surface area contributed by atoms with Gasteiger partial charge in [-0.25, -0.2) is 5.43 Å². The first kappa shape index (κ1) is 18.5. The van der Waals surface area contributed by atoms with Crippen molar-refractivity contribution in [2.75, 3.05) is 5.43 Å². The van der Waals surface area contributed by atoms with Crippen molar-refractivity contribution in [3.63, 3.8) is 0 Å². The molecule has 0 atom stereocenters. The van der Waals surface area contributed by atoms with Gasteiger partial charge in [0.05, 0.1) is 11.2 Å². The second-order valence-corrected chi connectivity index (χ2v) is 6.63. The number of halogens is 1. The summed E-state index contributed by atoms with van der Waals surface area (Å²) in [5.74, 6) is 1.66. The van der Waals surface area contributed by atoms with Crippen LogP contribution in [0.4, 0.5) is 5.88 Å². The number of rotatable bonds is 5. The van der Waals surface area contributed by atoms with Crippen LogP contribution in [0.2, 0.25) is 5.02 Å². The van der Waals surface area contributed by atoms with Gasteiger partial charge in [-0.3, -0.25) is 0 Å². The number of furan rings is 1. The normalized spacial score (nSPS) is 10.9. The summed E-state index contributed by atoms with van der Waals surface area (Å²) in [6.45, 7) is 1.99. The SMILES string of the molecule is Cc1ccc(-c2nc(C#N)c(NN=Cc3ccc(-c4ccccc4Cl)o3)o2)cc1. The minimum atomic E-state index is 0.119. The van der Waals surface area contributed by atoms with Gasteiger partial charge in [0.1, 0.15) is 17.6 Å². The minimum absolute atomic E-state index is 0.119. The van der Waals surface area contributed by atoms with Crippen LogP contribution in [0.3, 0.4) is 0 Å². The fourth-order valence-corrected chi connectivity index (χ4v) is 2.90. The van der Waals surface area contributed by atoms with Gasteiger partial charge in [0.2, 0.25) is 11.6 Å². The molecule has 0 fully saturated rings. The summed E-state index contributed by atoms with van der Waals surface area (Å²) in [5, 5.41) is 14.0. The number of aromatic nitrogens is 1. The van der Waals surface area contributed by atoms with Crippen molar-refractivity contribution in [2.24, 2.45) is 5.10 Å². The van der Waals surface area contributed by atoms with Gasteiger partial charge >= 0.3 is 0 Å². The van der Waals surface area contributed by atoms with Crippen LogP contribution < -0.4 is 5.43 Å². The van der Waals surface area contributed by atoms with E-state index in [1.54, 1.807) is 12.1 Å². The molecule has 7 heteroatoms. The van der Waals surface area contributed by atoms with Crippen LogP contribution in [0.1, 0.15) is 17.0 Å². The molecule has 2 aromatic heterocycles. The van der Waals surface area contributed by atoms with Crippen molar-refractivity contribution in [3.05, 3.63) is 82.7 Å². The number of oxazole rings is 1. The smallest absolute Gasteiger partial charge is 0.252 e. The third-order valence-electron chi connectivity index (χ3n) is 4.16. The average molecular weight is 403 g/mol. The van der Waals surface area contributed by atoms with Gasteiger partial charge in [-0.15, -0.1) is 0 Å². The first-order chi connectivity index (χ1) is 14.1. The van der Waals surface area contributed by atoms with E-state index >= 15 is 0 Å². The lowest BCUT2D eigenvalue weighted by atomic mass is 10.1. The molecule has 0 unspecified atom stereocenters. The van der Waals surface area contributed by atoms with Crippen molar-refractivity contribution in [1.29, 1.82) is 5.26 Å². The standard InChI is InChI=1S/C22H15ClN4O2/c1-14-6-8-15(9-7-14)21-26-19(12-24)22(29-21)27-25-13-16-10-11-20(28-16)17-4-2-3-5-18(17)23/h2-11,13,27H,1H3. The molecule has 1 N–H and O–H groups in total. The summed E-state index contributed by atoms with van der Waals surface area (Å²) in [6, 6.07) is 20.7. The predicted molar refractivity (Wildman–Crippen MR) is 112 cm³/mol. The minimum Gasteiger partial charge on any atom is -0.455 e. The highest BCUT2D eigenvalue weighted by atomic mass is 35.5. The fourth-order valence-electron chi connectivity index (χ4n) is 2.67. The Morgan fingerprint density at radius 2 is 1.86 bits per heavy atom. The molecule has 0 saturated carbocycles. The van der Waals surface area contributed by atoms with Gasteiger partial charge in [0, 0.05) is 11.1 Å². The van der Waals surface area contributed by atoms with Crippen molar-refractivity contribution in [3.8, 4) is 28.8 Å². The van der Waals surface area contributed by atoms with Crippen molar-refractivity contribution in [2.45, 2.75) is 6.92 Å². The molecule has 0 aliphatic heterocycles. The van der Waals surface area contributed by atoms with E-state index < -0.39 is 0 Å². The Hall–Kier alpha value is -3.82. The molecule has 2 heterocycles. The lowest BCUT2D eigenvalue weighted by Gasteiger charge is -1.99. The number of nitrogens with zero attached hydrogens (tertiary/aromatic N) is 3. The van der Waals surface area contributed by atoms with E-state index in [0.717, 1.165) is 16.7 Å². The summed E-state index contributed by atoms with van der Waals surface area (Å²) < 4.78 is 11.4. The molecule has 4 aromatic rings. The van der Waals surface area contributed by atoms with Crippen molar-refractivity contribution in [1.82, 2.24) is 4.98 Å². The van der Waals surface area contributed by atoms with Gasteiger partial charge < -0.3 is 8.83 Å². The third kappa shape index (κ3) is 4.05. The third-order valence-corrected chi connectivity index (χ3v) is 4.49. The molecule has 0 saturated heterocycles. The van der Waals surface area contributed by atoms with E-state index in [0.29, 0.717) is 22.4 Å². The molecular formula is C22H15ClN4O2. The second kappa shape index (κ2) is 8.05. The van der Waals surface area contributed by atoms with Crippen LogP contribution >= 0.6 is 11.6 Å². The molecule has 6 nitrogen and oxygen atoms in total. The first-order valence-electron chi connectivity index (χ1n) is 8.76. The number of aryl methyl sites for hydroxylation is 1. The number of anilines is 1. The fraction of sp³-hybridized carbons (Fsp3) is 0.0455. The predicted octanol–water partition coefficient (Wildman–Crippen LogP) is 5.88. The molecule has 2 aromatic carbocycles. The van der Waals surface area contributed by atoms with E-state index in [2.05, 4.69) is 15.5 Å². The van der Waals surface area contributed by atoms with E-state index in [-0.39, 0.29) is 11.6 Å². The largest absolute Gasteiger partial charge is 0.455 e. The topological polar surface area (TPSA) is 87.4 Å². The zero-order chi connectivity index (χ0) is 20.2. The van der Waals surface area contributed by atoms with Crippen LogP contribution in [0.25, 0.3) is 22.8 Å². The van der Waals surface area contributed by atoms with E-state index in [1.165, 1.54) is 6.21 Å². The summed E-state index contributed by atoms with van der Waals surface area (Å²) in [4.78, 5) is 4.21. The Balaban J connectivity index is 1.51. The van der Waals surface area contributed by atoms with E-state index in [4.69, 9.17) is 20.4 Å². The molecule has 4 rings (SSSR count). The molecule has 0 radical (unpaired) electrons. The molecule has 142 valence electrons. The van der Waals surface area contributed by atoms with Gasteiger partial charge in [-0.05, 0) is 43.3 Å². The van der Waals surface area contributed by atoms with Gasteiger partial charge in [-0.2, -0.15) is 15.3 Å². The summed E-state index contributed by atoms with van der Waals surface area (Å²) in [6.07, 6.45) is 1.48. The van der Waals surface area contributed by atoms with Crippen molar-refractivity contribution < 1.29 is 8.83 Å². The number of hydrazone groups is 1. The quantitative estimate of drug-likeness (QED) is 0.332. The Morgan fingerprint density at radius 1 is 1.07 bits per heavy atom. The molecular weight excluding hydrogens is 388 g/mol. The van der Waals surface area contributed by atoms with Crippen LogP contribution in [0.15, 0.2) is 74.6 Å². The Bertz CT molecular complexity index is 1220. The van der Waals surface area contributed by atoms with E-state index in [1.807, 2.05) is 61.5 Å². The maximum Gasteiger partial charge on any atom is 0.252 e. The molecule has 0 aliphatic carbocycles. The van der Waals surface area contributed by atoms with Crippen LogP contribution in [-0.2, 0) is 0 Å². The monoisotopic (exact) mass is 402 g/mol. The summed E-state index contributed by atoms with van der Waals surface area (Å²) in [7, 11) is 0. The lowest BCUT2D eigenvalue weighted by molar-refractivity contribution is 0.574. The number of benzene rings is 2. The summed E-state index contributed by atoms with van der Waals surface area (Å²) >= 11 is 6.19. The Labute approximate surface area is 172 Å². The maximum absolute atomic E-state index is 9.30. The number of nitriles is 1. The Morgan fingerprint density at radius 3 is 2.62 bits per heavy atom. The Kier molecular flexibility index (Phi) is 5.14. The lowest BCUT2D eigenvalue weighted by Crippen LogP contribution is -1.90. The summed E-state index contributed by atoms with van der Waals surface area (Å²) in [5.41, 5.74) is 5.52. The highest BCUT2D eigenvalue weighted by molar-refractivity contribution is 6.33. The van der Waals surface area contributed by atoms with Crippen LogP contribution in [0.5, 0.6) is 0 Å². The molecule has 0 aliphatic rings. The second-order valence-electron chi connectivity index (χ2n) is 6.23. The van der Waals surface area contributed by atoms with Gasteiger partial charge in [-0.1, -0.05) is 41.4 Å². The highest BCUT2D eigenvalue weighted by Crippen LogP contribution is 2.29.